The zero-order valence-electron chi connectivity index (χ0n) is 22.3. The van der Waals surface area contributed by atoms with Crippen LogP contribution >= 0.6 is 0 Å². The first-order valence-electron chi connectivity index (χ1n) is 13.2. The van der Waals surface area contributed by atoms with Crippen molar-refractivity contribution in [1.82, 2.24) is 15.1 Å². The predicted octanol–water partition coefficient (Wildman–Crippen LogP) is -0.672. The van der Waals surface area contributed by atoms with Gasteiger partial charge in [0.15, 0.2) is 11.5 Å². The van der Waals surface area contributed by atoms with Gasteiger partial charge in [-0.2, -0.15) is 0 Å². The van der Waals surface area contributed by atoms with E-state index in [-0.39, 0.29) is 31.2 Å². The van der Waals surface area contributed by atoms with Crippen LogP contribution in [0.3, 0.4) is 0 Å². The minimum atomic E-state index is -1.20. The van der Waals surface area contributed by atoms with Crippen molar-refractivity contribution in [2.75, 3.05) is 72.9 Å². The molecule has 1 fully saturated rings. The predicted molar refractivity (Wildman–Crippen MR) is 139 cm³/mol. The number of morpholine rings is 1. The average Bonchev–Trinajstić information content (AvgIpc) is 3.35. The summed E-state index contributed by atoms with van der Waals surface area (Å²) in [6.45, 7) is 5.25. The maximum Gasteiger partial charge on any atom is 0.249 e. The Balaban J connectivity index is 1.72. The van der Waals surface area contributed by atoms with Crippen molar-refractivity contribution in [1.29, 1.82) is 0 Å². The summed E-state index contributed by atoms with van der Waals surface area (Å²) in [5.41, 5.74) is 1.14. The summed E-state index contributed by atoms with van der Waals surface area (Å²) in [6, 6.07) is 2.26. The summed E-state index contributed by atoms with van der Waals surface area (Å²) in [4.78, 5) is 42.0. The number of aldehydes is 1. The number of amides is 2. The van der Waals surface area contributed by atoms with E-state index in [4.69, 9.17) is 18.9 Å². The first-order chi connectivity index (χ1) is 18.9. The van der Waals surface area contributed by atoms with Crippen LogP contribution in [0.4, 0.5) is 0 Å². The minimum absolute atomic E-state index is 0.0240. The highest BCUT2D eigenvalue weighted by molar-refractivity contribution is 5.96. The van der Waals surface area contributed by atoms with E-state index >= 15 is 0 Å². The molecule has 0 aromatic heterocycles. The normalized spacial score (nSPS) is 24.2. The van der Waals surface area contributed by atoms with Crippen LogP contribution in [0.5, 0.6) is 11.5 Å². The van der Waals surface area contributed by atoms with Crippen LogP contribution < -0.4 is 14.8 Å². The fourth-order valence-electron chi connectivity index (χ4n) is 5.34. The monoisotopic (exact) mass is 547 g/mol. The van der Waals surface area contributed by atoms with Gasteiger partial charge in [-0.05, 0) is 25.1 Å². The molecule has 2 amide bonds. The Morgan fingerprint density at radius 1 is 1.28 bits per heavy atom. The molecule has 1 aliphatic carbocycles. The summed E-state index contributed by atoms with van der Waals surface area (Å²) >= 11 is 0. The second-order valence-corrected chi connectivity index (χ2v) is 9.58. The van der Waals surface area contributed by atoms with Gasteiger partial charge >= 0.3 is 0 Å². The number of nitrogens with one attached hydrogen (secondary N) is 1. The highest BCUT2D eigenvalue weighted by Gasteiger charge is 2.51. The van der Waals surface area contributed by atoms with E-state index in [0.717, 1.165) is 13.1 Å². The van der Waals surface area contributed by atoms with E-state index in [1.54, 1.807) is 19.1 Å². The second kappa shape index (κ2) is 13.4. The van der Waals surface area contributed by atoms with Crippen molar-refractivity contribution in [3.05, 3.63) is 34.9 Å². The maximum atomic E-state index is 13.4. The van der Waals surface area contributed by atoms with Crippen molar-refractivity contribution in [2.45, 2.75) is 31.1 Å². The molecule has 39 heavy (non-hydrogen) atoms. The lowest BCUT2D eigenvalue weighted by molar-refractivity contribution is -0.142. The number of aliphatic hydroxyl groups is 2. The van der Waals surface area contributed by atoms with Crippen molar-refractivity contribution < 1.29 is 43.5 Å². The first-order valence-corrected chi connectivity index (χ1v) is 13.2. The minimum Gasteiger partial charge on any atom is -0.493 e. The van der Waals surface area contributed by atoms with Crippen LogP contribution in [0.15, 0.2) is 23.8 Å². The van der Waals surface area contributed by atoms with Crippen LogP contribution in [0.1, 0.15) is 28.8 Å². The lowest BCUT2D eigenvalue weighted by Crippen LogP contribution is -2.57. The molecule has 1 saturated heterocycles. The molecule has 1 aromatic rings. The lowest BCUT2D eigenvalue weighted by atomic mass is 9.77. The van der Waals surface area contributed by atoms with Gasteiger partial charge in [-0.25, -0.2) is 0 Å². The number of aliphatic hydroxyl groups excluding tert-OH is 2. The molecule has 0 radical (unpaired) electrons. The average molecular weight is 548 g/mol. The van der Waals surface area contributed by atoms with Gasteiger partial charge in [0.2, 0.25) is 11.8 Å². The Morgan fingerprint density at radius 2 is 2.05 bits per heavy atom. The third-order valence-electron chi connectivity index (χ3n) is 7.28. The smallest absolute Gasteiger partial charge is 0.249 e. The Hall–Kier alpha value is -3.03. The molecular weight excluding hydrogens is 510 g/mol. The van der Waals surface area contributed by atoms with E-state index in [0.29, 0.717) is 61.8 Å². The van der Waals surface area contributed by atoms with Crippen molar-refractivity contribution in [3.8, 4) is 11.5 Å². The Bertz CT molecular complexity index is 1070. The van der Waals surface area contributed by atoms with Gasteiger partial charge in [0.05, 0.1) is 38.9 Å². The second-order valence-electron chi connectivity index (χ2n) is 9.58. The maximum absolute atomic E-state index is 13.4. The molecule has 12 nitrogen and oxygen atoms in total. The summed E-state index contributed by atoms with van der Waals surface area (Å²) in [6.07, 6.45) is 0.149. The van der Waals surface area contributed by atoms with Crippen molar-refractivity contribution in [3.63, 3.8) is 0 Å². The number of benzene rings is 1. The highest BCUT2D eigenvalue weighted by Crippen LogP contribution is 2.51. The van der Waals surface area contributed by atoms with E-state index < -0.39 is 30.1 Å². The molecule has 0 unspecified atom stereocenters. The largest absolute Gasteiger partial charge is 0.493 e. The summed E-state index contributed by atoms with van der Waals surface area (Å²) in [5.74, 6) is -0.871. The SMILES string of the molecule is CCOCC(=O)N(CCN1CCOCC1)[C@@H]1C=C(C(=O)NCCO)[C@@H]2c3cc(C=O)cc(OC)c3O[C@@H]2[C@H]1O. The van der Waals surface area contributed by atoms with Crippen LogP contribution in [-0.2, 0) is 19.1 Å². The van der Waals surface area contributed by atoms with Crippen LogP contribution in [0, 0.1) is 0 Å². The highest BCUT2D eigenvalue weighted by atomic mass is 16.5. The number of ether oxygens (including phenoxy) is 4. The molecule has 2 heterocycles. The molecule has 0 saturated carbocycles. The van der Waals surface area contributed by atoms with E-state index in [1.165, 1.54) is 18.1 Å². The third kappa shape index (κ3) is 6.25. The third-order valence-corrected chi connectivity index (χ3v) is 7.28. The molecule has 4 atom stereocenters. The summed E-state index contributed by atoms with van der Waals surface area (Å²) in [7, 11) is 1.44. The number of fused-ring (bicyclic) bond motifs is 3. The van der Waals surface area contributed by atoms with E-state index in [2.05, 4.69) is 10.2 Å². The van der Waals surface area contributed by atoms with Gasteiger partial charge in [-0.15, -0.1) is 0 Å². The molecule has 1 aromatic carbocycles. The van der Waals surface area contributed by atoms with Crippen LogP contribution in [-0.4, -0.2) is 129 Å². The molecular formula is C27H37N3O9. The zero-order valence-corrected chi connectivity index (χ0v) is 22.3. The Kier molecular flexibility index (Phi) is 9.92. The van der Waals surface area contributed by atoms with E-state index in [1.807, 2.05) is 0 Å². The standard InChI is InChI=1S/C27H37N3O9/c1-3-37-16-22(33)30(6-5-29-7-10-38-11-8-29)20-14-19(27(35)28-4-9-31)23-18-12-17(15-32)13-21(36-2)25(18)39-26(23)24(20)34/h12-15,20,23-24,26,31,34H,3-11,16H2,1-2H3,(H,28,35)/t20-,23+,24+,26+/m1/s1. The van der Waals surface area contributed by atoms with Gasteiger partial charge < -0.3 is 39.4 Å². The first kappa shape index (κ1) is 29.0. The van der Waals surface area contributed by atoms with Crippen molar-refractivity contribution in [2.24, 2.45) is 0 Å². The molecule has 4 rings (SSSR count). The number of hydrogen-bond donors (Lipinski definition) is 3. The Labute approximate surface area is 227 Å². The van der Waals surface area contributed by atoms with Gasteiger partial charge in [0, 0.05) is 56.0 Å². The van der Waals surface area contributed by atoms with Crippen LogP contribution in [0.2, 0.25) is 0 Å². The number of carbonyl (C=O) groups excluding carboxylic acids is 3. The number of carbonyl (C=O) groups is 3. The molecule has 0 spiro atoms. The zero-order chi connectivity index (χ0) is 27.9. The van der Waals surface area contributed by atoms with Crippen LogP contribution in [0.25, 0.3) is 0 Å². The molecule has 3 aliphatic rings. The van der Waals surface area contributed by atoms with Gasteiger partial charge in [0.1, 0.15) is 25.1 Å². The molecule has 2 aliphatic heterocycles. The van der Waals surface area contributed by atoms with Gasteiger partial charge in [-0.3, -0.25) is 19.3 Å². The number of rotatable bonds is 12. The van der Waals surface area contributed by atoms with Gasteiger partial charge in [-0.1, -0.05) is 0 Å². The van der Waals surface area contributed by atoms with E-state index in [9.17, 15) is 24.6 Å². The summed E-state index contributed by atoms with van der Waals surface area (Å²) in [5, 5.41) is 23.6. The number of nitrogens with zero attached hydrogens (tertiary/aromatic N) is 2. The van der Waals surface area contributed by atoms with Gasteiger partial charge in [0.25, 0.3) is 0 Å². The molecule has 0 bridgehead atoms. The number of hydrogen-bond acceptors (Lipinski definition) is 10. The Morgan fingerprint density at radius 3 is 2.72 bits per heavy atom. The molecule has 12 heteroatoms. The number of methoxy groups -OCH3 is 1. The molecule has 214 valence electrons. The topological polar surface area (TPSA) is 147 Å². The fraction of sp³-hybridized carbons (Fsp3) is 0.593. The quantitative estimate of drug-likeness (QED) is 0.288. The summed E-state index contributed by atoms with van der Waals surface area (Å²) < 4.78 is 22.5. The lowest BCUT2D eigenvalue weighted by Gasteiger charge is -2.41. The fourth-order valence-corrected chi connectivity index (χ4v) is 5.34. The van der Waals surface area contributed by atoms with Crippen molar-refractivity contribution >= 4 is 18.1 Å². The molecule has 3 N–H and O–H groups in total.